The lowest BCUT2D eigenvalue weighted by Crippen LogP contribution is -2.39. The molecule has 2 N–H and O–H groups in total. The van der Waals surface area contributed by atoms with Crippen LogP contribution in [-0.4, -0.2) is 46.3 Å². The number of hydrogen-bond donors (Lipinski definition) is 2. The van der Waals surface area contributed by atoms with Gasteiger partial charge < -0.3 is 15.2 Å². The fourth-order valence-corrected chi connectivity index (χ4v) is 4.36. The first-order valence-corrected chi connectivity index (χ1v) is 11.3. The molecule has 1 saturated heterocycles. The van der Waals surface area contributed by atoms with E-state index in [4.69, 9.17) is 0 Å². The maximum Gasteiger partial charge on any atom is 0.267 e. The Hall–Kier alpha value is -3.22. The molecule has 0 bridgehead atoms. The number of likely N-dealkylation sites (tertiary alicyclic amines) is 1. The number of carbonyl (C=O) groups is 2. The van der Waals surface area contributed by atoms with Crippen LogP contribution in [0.1, 0.15) is 58.5 Å². The predicted octanol–water partition coefficient (Wildman–Crippen LogP) is 4.46. The zero-order valence-electron chi connectivity index (χ0n) is 18.4. The number of benzene rings is 1. The number of halogens is 1. The zero-order chi connectivity index (χ0) is 22.5. The van der Waals surface area contributed by atoms with Gasteiger partial charge in [0.15, 0.2) is 0 Å². The number of H-pyrrole nitrogens is 1. The maximum atomic E-state index is 14.3. The Morgan fingerprint density at radius 1 is 1.22 bits per heavy atom. The molecule has 6 nitrogen and oxygen atoms in total. The van der Waals surface area contributed by atoms with E-state index >= 15 is 0 Å². The molecule has 2 amide bonds. The standard InChI is InChI=1S/C25H29FN4O2/c1-17-5-4-7-20(23(17)26)25(32)30-13-9-18(10-14-30)6-2-3-11-28-24(31)22-15-19-16-27-12-8-21(19)29-22/h4-5,7-8,12,15-16,18,29H,2-3,6,9-11,13-14H2,1H3,(H,28,31). The van der Waals surface area contributed by atoms with Crippen molar-refractivity contribution in [1.29, 1.82) is 0 Å². The molecule has 4 rings (SSSR count). The summed E-state index contributed by atoms with van der Waals surface area (Å²) in [6.45, 7) is 3.65. The minimum absolute atomic E-state index is 0.101. The molecule has 2 aromatic heterocycles. The number of aromatic amines is 1. The minimum atomic E-state index is -0.411. The molecule has 168 valence electrons. The highest BCUT2D eigenvalue weighted by molar-refractivity contribution is 5.97. The number of carbonyl (C=O) groups excluding carboxylic acids is 2. The van der Waals surface area contributed by atoms with Crippen molar-refractivity contribution in [3.8, 4) is 0 Å². The molecule has 0 atom stereocenters. The quantitative estimate of drug-likeness (QED) is 0.537. The summed E-state index contributed by atoms with van der Waals surface area (Å²) in [5, 5.41) is 3.89. The Bertz CT molecular complexity index is 1070. The van der Waals surface area contributed by atoms with E-state index in [1.807, 2.05) is 12.1 Å². The van der Waals surface area contributed by atoms with E-state index in [0.29, 0.717) is 36.8 Å². The summed E-state index contributed by atoms with van der Waals surface area (Å²) in [5.74, 6) is -0.152. The Morgan fingerprint density at radius 2 is 2.03 bits per heavy atom. The van der Waals surface area contributed by atoms with E-state index in [9.17, 15) is 14.0 Å². The summed E-state index contributed by atoms with van der Waals surface area (Å²) < 4.78 is 14.3. The lowest BCUT2D eigenvalue weighted by Gasteiger charge is -2.32. The number of aromatic nitrogens is 2. The zero-order valence-corrected chi connectivity index (χ0v) is 18.4. The SMILES string of the molecule is Cc1cccc(C(=O)N2CCC(CCCCNC(=O)c3cc4cnccc4[nH]3)CC2)c1F. The minimum Gasteiger partial charge on any atom is -0.351 e. The number of pyridine rings is 1. The van der Waals surface area contributed by atoms with Crippen LogP contribution in [0.3, 0.4) is 0 Å². The number of aryl methyl sites for hydroxylation is 1. The Balaban J connectivity index is 1.15. The summed E-state index contributed by atoms with van der Waals surface area (Å²) in [7, 11) is 0. The second-order valence-corrected chi connectivity index (χ2v) is 8.57. The molecule has 1 aliphatic rings. The predicted molar refractivity (Wildman–Crippen MR) is 122 cm³/mol. The molecule has 0 saturated carbocycles. The van der Waals surface area contributed by atoms with Crippen molar-refractivity contribution < 1.29 is 14.0 Å². The largest absolute Gasteiger partial charge is 0.351 e. The lowest BCUT2D eigenvalue weighted by atomic mass is 9.91. The highest BCUT2D eigenvalue weighted by atomic mass is 19.1. The smallest absolute Gasteiger partial charge is 0.267 e. The number of piperidine rings is 1. The van der Waals surface area contributed by atoms with Crippen LogP contribution in [0.2, 0.25) is 0 Å². The monoisotopic (exact) mass is 436 g/mol. The topological polar surface area (TPSA) is 78.1 Å². The van der Waals surface area contributed by atoms with Gasteiger partial charge in [0.2, 0.25) is 0 Å². The van der Waals surface area contributed by atoms with Crippen molar-refractivity contribution in [2.45, 2.75) is 39.0 Å². The van der Waals surface area contributed by atoms with Gasteiger partial charge in [0, 0.05) is 42.9 Å². The molecular weight excluding hydrogens is 407 g/mol. The van der Waals surface area contributed by atoms with Gasteiger partial charge in [-0.1, -0.05) is 25.0 Å². The van der Waals surface area contributed by atoms with Crippen LogP contribution in [0.4, 0.5) is 4.39 Å². The van der Waals surface area contributed by atoms with Gasteiger partial charge in [0.1, 0.15) is 11.5 Å². The molecule has 0 radical (unpaired) electrons. The normalized spacial score (nSPS) is 14.6. The first-order valence-electron chi connectivity index (χ1n) is 11.3. The van der Waals surface area contributed by atoms with Crippen LogP contribution in [0, 0.1) is 18.7 Å². The number of nitrogens with one attached hydrogen (secondary N) is 2. The summed E-state index contributed by atoms with van der Waals surface area (Å²) in [6, 6.07) is 8.64. The van der Waals surface area contributed by atoms with E-state index in [0.717, 1.165) is 43.0 Å². The number of unbranched alkanes of at least 4 members (excludes halogenated alkanes) is 1. The van der Waals surface area contributed by atoms with E-state index in [2.05, 4.69) is 15.3 Å². The van der Waals surface area contributed by atoms with Gasteiger partial charge in [-0.15, -0.1) is 0 Å². The maximum absolute atomic E-state index is 14.3. The van der Waals surface area contributed by atoms with Crippen molar-refractivity contribution in [3.63, 3.8) is 0 Å². The Labute approximate surface area is 187 Å². The molecule has 1 fully saturated rings. The average molecular weight is 437 g/mol. The van der Waals surface area contributed by atoms with E-state index in [1.54, 1.807) is 42.4 Å². The molecule has 7 heteroatoms. The molecule has 1 aromatic carbocycles. The third-order valence-electron chi connectivity index (χ3n) is 6.31. The number of nitrogens with zero attached hydrogens (tertiary/aromatic N) is 2. The number of hydrogen-bond acceptors (Lipinski definition) is 3. The second-order valence-electron chi connectivity index (χ2n) is 8.57. The summed E-state index contributed by atoms with van der Waals surface area (Å²) in [5.41, 5.74) is 2.12. The number of rotatable bonds is 7. The summed E-state index contributed by atoms with van der Waals surface area (Å²) in [4.78, 5) is 33.9. The third-order valence-corrected chi connectivity index (χ3v) is 6.31. The van der Waals surface area contributed by atoms with Crippen LogP contribution in [0.15, 0.2) is 42.7 Å². The molecule has 3 aromatic rings. The highest BCUT2D eigenvalue weighted by Crippen LogP contribution is 2.24. The van der Waals surface area contributed by atoms with Crippen LogP contribution in [-0.2, 0) is 0 Å². The fraction of sp³-hybridized carbons (Fsp3) is 0.400. The fourth-order valence-electron chi connectivity index (χ4n) is 4.36. The molecule has 1 aliphatic heterocycles. The summed E-state index contributed by atoms with van der Waals surface area (Å²) in [6.07, 6.45) is 8.34. The second kappa shape index (κ2) is 9.94. The van der Waals surface area contributed by atoms with Gasteiger partial charge in [0.05, 0.1) is 5.56 Å². The summed E-state index contributed by atoms with van der Waals surface area (Å²) >= 11 is 0. The molecule has 0 spiro atoms. The van der Waals surface area contributed by atoms with Crippen LogP contribution < -0.4 is 5.32 Å². The van der Waals surface area contributed by atoms with Crippen molar-refractivity contribution in [2.24, 2.45) is 5.92 Å². The van der Waals surface area contributed by atoms with Crippen molar-refractivity contribution in [2.75, 3.05) is 19.6 Å². The molecule has 32 heavy (non-hydrogen) atoms. The lowest BCUT2D eigenvalue weighted by molar-refractivity contribution is 0.0681. The van der Waals surface area contributed by atoms with E-state index in [1.165, 1.54) is 0 Å². The number of fused-ring (bicyclic) bond motifs is 1. The van der Waals surface area contributed by atoms with Crippen molar-refractivity contribution in [1.82, 2.24) is 20.2 Å². The van der Waals surface area contributed by atoms with Gasteiger partial charge in [-0.25, -0.2) is 4.39 Å². The first kappa shape index (κ1) is 22.0. The molecule has 3 heterocycles. The van der Waals surface area contributed by atoms with Gasteiger partial charge >= 0.3 is 0 Å². The van der Waals surface area contributed by atoms with Crippen molar-refractivity contribution >= 4 is 22.7 Å². The van der Waals surface area contributed by atoms with E-state index < -0.39 is 5.82 Å². The van der Waals surface area contributed by atoms with E-state index in [-0.39, 0.29) is 17.4 Å². The van der Waals surface area contributed by atoms with Crippen LogP contribution in [0.5, 0.6) is 0 Å². The number of amides is 2. The third kappa shape index (κ3) is 4.98. The Kier molecular flexibility index (Phi) is 6.83. The average Bonchev–Trinajstić information content (AvgIpc) is 3.25. The van der Waals surface area contributed by atoms with Crippen molar-refractivity contribution in [3.05, 3.63) is 65.4 Å². The van der Waals surface area contributed by atoms with Gasteiger partial charge in [0.25, 0.3) is 11.8 Å². The molecular formula is C25H29FN4O2. The van der Waals surface area contributed by atoms with Crippen LogP contribution in [0.25, 0.3) is 10.9 Å². The van der Waals surface area contributed by atoms with Gasteiger partial charge in [-0.3, -0.25) is 14.6 Å². The van der Waals surface area contributed by atoms with Crippen LogP contribution >= 0.6 is 0 Å². The van der Waals surface area contributed by atoms with Gasteiger partial charge in [-0.2, -0.15) is 0 Å². The highest BCUT2D eigenvalue weighted by Gasteiger charge is 2.25. The van der Waals surface area contributed by atoms with Gasteiger partial charge in [-0.05, 0) is 55.9 Å². The first-order chi connectivity index (χ1) is 15.5. The molecule has 0 aliphatic carbocycles. The Morgan fingerprint density at radius 3 is 2.81 bits per heavy atom. The molecule has 0 unspecified atom stereocenters.